The molecule has 0 saturated carbocycles. The predicted molar refractivity (Wildman–Crippen MR) is 113 cm³/mol. The van der Waals surface area contributed by atoms with Gasteiger partial charge in [-0.3, -0.25) is 9.36 Å². The summed E-state index contributed by atoms with van der Waals surface area (Å²) in [6.45, 7) is 6.93. The Morgan fingerprint density at radius 3 is 2.38 bits per heavy atom. The number of aromatic nitrogens is 1. The Hall–Kier alpha value is -3.28. The Balaban J connectivity index is 1.39. The van der Waals surface area contributed by atoms with Crippen molar-refractivity contribution in [3.63, 3.8) is 0 Å². The first-order chi connectivity index (χ1) is 14.0. The monoisotopic (exact) mass is 391 g/mol. The lowest BCUT2D eigenvalue weighted by molar-refractivity contribution is -0.132. The van der Waals surface area contributed by atoms with Crippen LogP contribution in [0.4, 0.5) is 5.69 Å². The number of rotatable bonds is 4. The summed E-state index contributed by atoms with van der Waals surface area (Å²) in [6.07, 6.45) is 1.62. The molecule has 2 aromatic carbocycles. The lowest BCUT2D eigenvalue weighted by Gasteiger charge is -2.36. The van der Waals surface area contributed by atoms with Crippen LogP contribution in [0.1, 0.15) is 11.1 Å². The van der Waals surface area contributed by atoms with Crippen LogP contribution in [0, 0.1) is 13.8 Å². The standard InChI is InChI=1S/C23H25N3O3/c1-17-6-8-19(9-7-17)21-15-26(23(28)29-21)16-22(27)25-12-10-24(11-13-25)20-5-3-4-18(2)14-20/h3-9,14-15H,10-13,16H2,1-2H3. The van der Waals surface area contributed by atoms with Crippen LogP contribution in [0.15, 0.2) is 63.9 Å². The molecule has 6 nitrogen and oxygen atoms in total. The van der Waals surface area contributed by atoms with Crippen molar-refractivity contribution >= 4 is 11.6 Å². The largest absolute Gasteiger partial charge is 0.419 e. The minimum Gasteiger partial charge on any atom is -0.408 e. The minimum absolute atomic E-state index is 0.00135. The van der Waals surface area contributed by atoms with Gasteiger partial charge in [0.15, 0.2) is 5.76 Å². The molecular weight excluding hydrogens is 366 g/mol. The maximum absolute atomic E-state index is 12.7. The van der Waals surface area contributed by atoms with Crippen molar-refractivity contribution < 1.29 is 9.21 Å². The van der Waals surface area contributed by atoms with Crippen LogP contribution >= 0.6 is 0 Å². The van der Waals surface area contributed by atoms with Crippen LogP contribution in [-0.2, 0) is 11.3 Å². The van der Waals surface area contributed by atoms with E-state index in [0.29, 0.717) is 18.8 Å². The number of hydrogen-bond acceptors (Lipinski definition) is 4. The third kappa shape index (κ3) is 4.26. The third-order valence-electron chi connectivity index (χ3n) is 5.35. The molecule has 0 radical (unpaired) electrons. The molecule has 3 aromatic rings. The highest BCUT2D eigenvalue weighted by Crippen LogP contribution is 2.19. The fourth-order valence-corrected chi connectivity index (χ4v) is 3.62. The molecule has 2 heterocycles. The molecule has 1 aliphatic heterocycles. The zero-order valence-electron chi connectivity index (χ0n) is 16.8. The summed E-state index contributed by atoms with van der Waals surface area (Å²) in [5.41, 5.74) is 4.37. The zero-order valence-corrected chi connectivity index (χ0v) is 16.8. The molecule has 6 heteroatoms. The van der Waals surface area contributed by atoms with Crippen molar-refractivity contribution in [1.82, 2.24) is 9.47 Å². The number of carbonyl (C=O) groups is 1. The Kier molecular flexibility index (Phi) is 5.25. The Labute approximate surface area is 170 Å². The van der Waals surface area contributed by atoms with Gasteiger partial charge in [-0.2, -0.15) is 0 Å². The Bertz CT molecular complexity index is 1060. The van der Waals surface area contributed by atoms with Gasteiger partial charge in [0.05, 0.1) is 6.20 Å². The molecule has 1 aromatic heterocycles. The van der Waals surface area contributed by atoms with Crippen LogP contribution in [0.3, 0.4) is 0 Å². The highest BCUT2D eigenvalue weighted by Gasteiger charge is 2.22. The average molecular weight is 391 g/mol. The smallest absolute Gasteiger partial charge is 0.408 e. The molecule has 0 N–H and O–H groups in total. The fraction of sp³-hybridized carbons (Fsp3) is 0.304. The number of oxazole rings is 1. The molecule has 1 saturated heterocycles. The SMILES string of the molecule is Cc1ccc(-c2cn(CC(=O)N3CCN(c4cccc(C)c4)CC3)c(=O)o2)cc1. The van der Waals surface area contributed by atoms with E-state index in [-0.39, 0.29) is 12.5 Å². The van der Waals surface area contributed by atoms with Gasteiger partial charge in [-0.15, -0.1) is 0 Å². The molecule has 0 aliphatic carbocycles. The fourth-order valence-electron chi connectivity index (χ4n) is 3.62. The predicted octanol–water partition coefficient (Wildman–Crippen LogP) is 3.07. The van der Waals surface area contributed by atoms with Gasteiger partial charge < -0.3 is 14.2 Å². The molecule has 4 rings (SSSR count). The maximum atomic E-state index is 12.7. The zero-order chi connectivity index (χ0) is 20.4. The summed E-state index contributed by atoms with van der Waals surface area (Å²) >= 11 is 0. The summed E-state index contributed by atoms with van der Waals surface area (Å²) in [5.74, 6) is -0.0911. The van der Waals surface area contributed by atoms with E-state index in [1.165, 1.54) is 15.8 Å². The molecule has 1 amide bonds. The minimum atomic E-state index is -0.507. The van der Waals surface area contributed by atoms with Crippen molar-refractivity contribution in [3.05, 3.63) is 76.4 Å². The van der Waals surface area contributed by atoms with Crippen LogP contribution in [0.25, 0.3) is 11.3 Å². The quantitative estimate of drug-likeness (QED) is 0.686. The van der Waals surface area contributed by atoms with Gasteiger partial charge in [0.2, 0.25) is 5.91 Å². The number of anilines is 1. The molecular formula is C23H25N3O3. The molecule has 1 fully saturated rings. The van der Waals surface area contributed by atoms with Crippen LogP contribution in [0.5, 0.6) is 0 Å². The second-order valence-electron chi connectivity index (χ2n) is 7.56. The van der Waals surface area contributed by atoms with E-state index in [2.05, 4.69) is 36.1 Å². The van der Waals surface area contributed by atoms with Crippen LogP contribution in [0.2, 0.25) is 0 Å². The number of aryl methyl sites for hydroxylation is 2. The molecule has 150 valence electrons. The first-order valence-electron chi connectivity index (χ1n) is 9.86. The number of nitrogens with zero attached hydrogens (tertiary/aromatic N) is 3. The van der Waals surface area contributed by atoms with Crippen molar-refractivity contribution in [2.45, 2.75) is 20.4 Å². The van der Waals surface area contributed by atoms with Crippen LogP contribution < -0.4 is 10.7 Å². The first-order valence-corrected chi connectivity index (χ1v) is 9.86. The topological polar surface area (TPSA) is 58.7 Å². The van der Waals surface area contributed by atoms with E-state index < -0.39 is 5.76 Å². The van der Waals surface area contributed by atoms with Gasteiger partial charge in [-0.1, -0.05) is 42.0 Å². The lowest BCUT2D eigenvalue weighted by atomic mass is 10.1. The summed E-state index contributed by atoms with van der Waals surface area (Å²) in [7, 11) is 0. The summed E-state index contributed by atoms with van der Waals surface area (Å²) in [5, 5.41) is 0. The highest BCUT2D eigenvalue weighted by atomic mass is 16.4. The molecule has 0 bridgehead atoms. The van der Waals surface area contributed by atoms with Crippen molar-refractivity contribution in [2.75, 3.05) is 31.1 Å². The number of amides is 1. The maximum Gasteiger partial charge on any atom is 0.419 e. The second kappa shape index (κ2) is 7.99. The second-order valence-corrected chi connectivity index (χ2v) is 7.56. The van der Waals surface area contributed by atoms with Crippen molar-refractivity contribution in [2.24, 2.45) is 0 Å². The Morgan fingerprint density at radius 2 is 1.69 bits per heavy atom. The van der Waals surface area contributed by atoms with Gasteiger partial charge in [0.1, 0.15) is 6.54 Å². The van der Waals surface area contributed by atoms with E-state index in [4.69, 9.17) is 4.42 Å². The lowest BCUT2D eigenvalue weighted by Crippen LogP contribution is -2.50. The molecule has 0 atom stereocenters. The van der Waals surface area contributed by atoms with E-state index in [1.54, 1.807) is 6.20 Å². The molecule has 1 aliphatic rings. The van der Waals surface area contributed by atoms with Crippen molar-refractivity contribution in [1.29, 1.82) is 0 Å². The van der Waals surface area contributed by atoms with Gasteiger partial charge in [-0.25, -0.2) is 4.79 Å². The molecule has 0 spiro atoms. The first kappa shape index (κ1) is 19.1. The molecule has 0 unspecified atom stereocenters. The van der Waals surface area contributed by atoms with Gasteiger partial charge in [0, 0.05) is 37.4 Å². The average Bonchev–Trinajstić information content (AvgIpc) is 3.09. The van der Waals surface area contributed by atoms with Crippen molar-refractivity contribution in [3.8, 4) is 11.3 Å². The van der Waals surface area contributed by atoms with E-state index in [9.17, 15) is 9.59 Å². The van der Waals surface area contributed by atoms with Gasteiger partial charge in [0.25, 0.3) is 0 Å². The summed E-state index contributed by atoms with van der Waals surface area (Å²) < 4.78 is 6.69. The number of hydrogen-bond donors (Lipinski definition) is 0. The van der Waals surface area contributed by atoms with E-state index in [0.717, 1.165) is 24.2 Å². The van der Waals surface area contributed by atoms with E-state index in [1.807, 2.05) is 36.1 Å². The van der Waals surface area contributed by atoms with Gasteiger partial charge >= 0.3 is 5.76 Å². The van der Waals surface area contributed by atoms with Gasteiger partial charge in [-0.05, 0) is 31.5 Å². The van der Waals surface area contributed by atoms with Crippen LogP contribution in [-0.4, -0.2) is 41.6 Å². The highest BCUT2D eigenvalue weighted by molar-refractivity contribution is 5.76. The number of piperazine rings is 1. The third-order valence-corrected chi connectivity index (χ3v) is 5.35. The summed E-state index contributed by atoms with van der Waals surface area (Å²) in [6, 6.07) is 16.1. The normalized spacial score (nSPS) is 14.3. The number of carbonyl (C=O) groups excluding carboxylic acids is 1. The Morgan fingerprint density at radius 1 is 0.966 bits per heavy atom. The number of benzene rings is 2. The summed E-state index contributed by atoms with van der Waals surface area (Å²) in [4.78, 5) is 29.0. The molecule has 29 heavy (non-hydrogen) atoms. The van der Waals surface area contributed by atoms with E-state index >= 15 is 0 Å².